The van der Waals surface area contributed by atoms with Gasteiger partial charge in [0.1, 0.15) is 22.9 Å². The van der Waals surface area contributed by atoms with E-state index in [4.69, 9.17) is 15.3 Å². The number of phenols is 2. The van der Waals surface area contributed by atoms with Crippen molar-refractivity contribution in [2.24, 2.45) is 40.9 Å². The number of rotatable bonds is 2. The van der Waals surface area contributed by atoms with Gasteiger partial charge in [0.2, 0.25) is 0 Å². The number of aliphatic hydroxyl groups is 1. The van der Waals surface area contributed by atoms with Crippen LogP contribution in [-0.2, 0) is 38.4 Å². The van der Waals surface area contributed by atoms with Crippen LogP contribution >= 0.6 is 0 Å². The van der Waals surface area contributed by atoms with Gasteiger partial charge in [-0.3, -0.25) is 20.1 Å². The Balaban J connectivity index is 0.000000209. The average Bonchev–Trinajstić information content (AvgIpc) is 3.75. The maximum atomic E-state index is 12.3. The van der Waals surface area contributed by atoms with Gasteiger partial charge in [0.05, 0.1) is 12.0 Å². The molecule has 11 rings (SSSR count). The summed E-state index contributed by atoms with van der Waals surface area (Å²) < 4.78 is 5.63. The van der Waals surface area contributed by atoms with Crippen molar-refractivity contribution < 1.29 is 149 Å². The van der Waals surface area contributed by atoms with Gasteiger partial charge in [0.15, 0.2) is 0 Å². The number of hydrogen-bond donors (Lipinski definition) is 5. The predicted molar refractivity (Wildman–Crippen MR) is 233 cm³/mol. The van der Waals surface area contributed by atoms with Crippen molar-refractivity contribution in [2.75, 3.05) is 0 Å². The van der Waals surface area contributed by atoms with E-state index >= 15 is 0 Å². The molecule has 67 heavy (non-hydrogen) atoms. The zero-order valence-electron chi connectivity index (χ0n) is 40.3. The summed E-state index contributed by atoms with van der Waals surface area (Å²) in [4.78, 5) is 35.0. The van der Waals surface area contributed by atoms with Crippen LogP contribution in [0, 0.1) is 40.9 Å². The minimum atomic E-state index is -1.10. The number of phenolic OH excluding ortho intramolecular Hbond substituents is 2. The number of ether oxygens (including phenoxy) is 1. The molecule has 7 aliphatic carbocycles. The number of benzene rings is 3. The Morgan fingerprint density at radius 2 is 1.13 bits per heavy atom. The molecule has 348 valence electrons. The fraction of sp³-hybridized carbons (Fsp3) is 0.596. The number of esters is 1. The first-order valence-electron chi connectivity index (χ1n) is 23.4. The maximum absolute atomic E-state index is 12.3. The molecule has 9 unspecified atom stereocenters. The first-order valence-corrected chi connectivity index (χ1v) is 23.4. The molecule has 1 heterocycles. The molecule has 12 atom stereocenters. The third-order valence-corrected chi connectivity index (χ3v) is 17.6. The van der Waals surface area contributed by atoms with Gasteiger partial charge in [-0.1, -0.05) is 37.3 Å². The van der Waals surface area contributed by atoms with Crippen LogP contribution in [0.15, 0.2) is 54.6 Å². The predicted octanol–water partition coefficient (Wildman–Crippen LogP) is -1.47. The minimum absolute atomic E-state index is 0. The van der Waals surface area contributed by atoms with E-state index in [1.807, 2.05) is 24.3 Å². The fourth-order valence-electron chi connectivity index (χ4n) is 14.6. The summed E-state index contributed by atoms with van der Waals surface area (Å²) in [7, 11) is 0. The number of aromatic hydroxyl groups is 2. The van der Waals surface area contributed by atoms with Crippen molar-refractivity contribution >= 4 is 17.7 Å². The Labute approximate surface area is 461 Å². The molecule has 1 saturated heterocycles. The molecule has 0 amide bonds. The molecule has 5 fully saturated rings. The van der Waals surface area contributed by atoms with Gasteiger partial charge in [-0.15, -0.1) is 5.75 Å². The maximum Gasteiger partial charge on any atom is 1.00 e. The van der Waals surface area contributed by atoms with Crippen LogP contribution in [-0.4, -0.2) is 60.2 Å². The molecule has 1 aliphatic heterocycles. The molecule has 0 aromatic heterocycles. The summed E-state index contributed by atoms with van der Waals surface area (Å²) in [5.74, 6) is 3.64. The van der Waals surface area contributed by atoms with Crippen molar-refractivity contribution in [1.29, 1.82) is 0 Å². The molecule has 15 heteroatoms. The number of Topliss-reactive ketones (excluding diaryl/α,β-unsaturated/α-hetero) is 1. The van der Waals surface area contributed by atoms with E-state index in [-0.39, 0.29) is 141 Å². The van der Waals surface area contributed by atoms with Gasteiger partial charge < -0.3 is 40.5 Å². The van der Waals surface area contributed by atoms with Crippen LogP contribution in [0.3, 0.4) is 0 Å². The van der Waals surface area contributed by atoms with E-state index in [2.05, 4.69) is 26.0 Å². The second-order valence-electron chi connectivity index (χ2n) is 20.8. The third-order valence-electron chi connectivity index (χ3n) is 17.6. The molecule has 0 spiro atoms. The van der Waals surface area contributed by atoms with Gasteiger partial charge in [0.25, 0.3) is 0 Å². The van der Waals surface area contributed by atoms with E-state index in [0.717, 1.165) is 82.6 Å². The van der Waals surface area contributed by atoms with Crippen molar-refractivity contribution in [3.63, 3.8) is 0 Å². The van der Waals surface area contributed by atoms with Crippen molar-refractivity contribution in [3.05, 3.63) is 88.0 Å². The number of aryl methyl sites for hydroxylation is 3. The number of fused-ring (bicyclic) bond motifs is 13. The molecular formula is C52H65Na3O12. The zero-order valence-corrected chi connectivity index (χ0v) is 46.3. The Morgan fingerprint density at radius 3 is 1.70 bits per heavy atom. The molecular weight excluding hydrogens is 886 g/mol. The summed E-state index contributed by atoms with van der Waals surface area (Å²) in [5.41, 5.74) is 6.52. The van der Waals surface area contributed by atoms with Crippen LogP contribution < -0.4 is 98.9 Å². The summed E-state index contributed by atoms with van der Waals surface area (Å²) in [6, 6.07) is 16.9. The molecule has 3 aromatic carbocycles. The number of hydrogen-bond acceptors (Lipinski definition) is 12. The normalized spacial score (nSPS) is 34.2. The molecule has 3 aromatic rings. The molecule has 0 radical (unpaired) electrons. The van der Waals surface area contributed by atoms with Crippen LogP contribution in [0.5, 0.6) is 17.2 Å². The fourth-order valence-corrected chi connectivity index (χ4v) is 14.6. The summed E-state index contributed by atoms with van der Waals surface area (Å²) in [6.07, 6.45) is 14.0. The second kappa shape index (κ2) is 23.4. The van der Waals surface area contributed by atoms with E-state index in [0.29, 0.717) is 65.6 Å². The van der Waals surface area contributed by atoms with Gasteiger partial charge >= 0.3 is 94.6 Å². The Hall–Kier alpha value is -1.49. The van der Waals surface area contributed by atoms with E-state index in [1.54, 1.807) is 25.1 Å². The smallest absolute Gasteiger partial charge is 0.872 e. The van der Waals surface area contributed by atoms with Crippen LogP contribution in [0.2, 0.25) is 0 Å². The van der Waals surface area contributed by atoms with E-state index in [9.17, 15) is 39.9 Å². The van der Waals surface area contributed by atoms with Gasteiger partial charge in [-0.25, -0.2) is 0 Å². The van der Waals surface area contributed by atoms with E-state index in [1.165, 1.54) is 34.2 Å². The number of ketones is 1. The molecule has 6 N–H and O–H groups in total. The van der Waals surface area contributed by atoms with Crippen LogP contribution in [0.4, 0.5) is 0 Å². The van der Waals surface area contributed by atoms with Crippen LogP contribution in [0.1, 0.15) is 155 Å². The second-order valence-corrected chi connectivity index (χ2v) is 20.8. The zero-order chi connectivity index (χ0) is 45.0. The van der Waals surface area contributed by atoms with Gasteiger partial charge in [-0.2, -0.15) is 0 Å². The quantitative estimate of drug-likeness (QED) is 0.0858. The Bertz CT molecular complexity index is 2170. The monoisotopic (exact) mass is 950 g/mol. The SMILES string of the molecule is C[C@]1(O)CCC2c3ccc([O-])cc3CCC2C1CC(=O)[O-].C[C@]12CCC3c4ccc(O)cc4CCC3C1CC(=O)O2.C[C@]12CCC3c4ccc(O)cc4CCC3C1CCC2=O.OO.[Na+].[Na+].[Na+].[OH-]. The number of carbonyl (C=O) groups is 3. The van der Waals surface area contributed by atoms with Crippen molar-refractivity contribution in [2.45, 2.75) is 152 Å². The number of carboxylic acids is 1. The van der Waals surface area contributed by atoms with Gasteiger partial charge in [0, 0.05) is 23.7 Å². The Kier molecular flexibility index (Phi) is 20.3. The number of carbonyl (C=O) groups excluding carboxylic acids is 3. The molecule has 12 nitrogen and oxygen atoms in total. The average molecular weight is 951 g/mol. The largest absolute Gasteiger partial charge is 1.00 e. The van der Waals surface area contributed by atoms with Gasteiger partial charge in [-0.05, 0) is 209 Å². The minimum Gasteiger partial charge on any atom is -0.872 e. The third kappa shape index (κ3) is 11.4. The van der Waals surface area contributed by atoms with Crippen molar-refractivity contribution in [3.8, 4) is 17.2 Å². The van der Waals surface area contributed by atoms with Crippen LogP contribution in [0.25, 0.3) is 0 Å². The standard InChI is InChI=1S/C18H22O2.C17H22O4.C17H20O3.3Na.H2O2.H2O/c1-18-9-8-14-13-5-3-12(19)10-11(13)2-4-15(14)16(18)6-7-17(18)20;1-17(21)7-6-13-12-5-3-11(18)8-10(12)2-4-14(13)15(17)9-16(19)20;1-17-7-6-13-12-5-3-11(18)8-10(12)2-4-14(13)15(17)9-16(19)20-17;;;;1-2;/h3,5,10,14-16,19H,2,4,6-9H2,1H3;3,5,8,13-15,18,21H,2,4,6-7,9H2,1H3,(H,19,20);3,5,8,13-15,18H,2,4,6-7,9H2,1H3;;;;1-2H;1H2/q;;;3*+1;;/p-3/t14?,15?,16?,18-;2*13?,14?,15?,17-;;;;;/m000...../s1. The first-order chi connectivity index (χ1) is 30.0. The summed E-state index contributed by atoms with van der Waals surface area (Å²) in [6.45, 7) is 6.08. The molecule has 4 saturated carbocycles. The number of aliphatic carboxylic acids is 1. The van der Waals surface area contributed by atoms with E-state index < -0.39 is 11.6 Å². The van der Waals surface area contributed by atoms with Crippen molar-refractivity contribution in [1.82, 2.24) is 0 Å². The Morgan fingerprint density at radius 1 is 0.657 bits per heavy atom. The molecule has 0 bridgehead atoms. The first kappa shape index (κ1) is 58.1. The summed E-state index contributed by atoms with van der Waals surface area (Å²) in [5, 5.41) is 64.4. The topological polar surface area (TPSA) is 238 Å². The molecule has 8 aliphatic rings. The number of carboxylic acid groups (broad SMARTS) is 1. The summed E-state index contributed by atoms with van der Waals surface area (Å²) >= 11 is 0.